The SMILES string of the molecule is C=CCN(CC=C)CC(=O)Nc1ccc(C(=O)N(CC)CC)cc1. The molecule has 0 aliphatic rings. The standard InChI is InChI=1S/C19H27N3O2/c1-5-13-21(14-6-2)15-18(23)20-17-11-9-16(10-12-17)19(24)22(7-3)8-4/h5-6,9-12H,1-2,7-8,13-15H2,3-4H3,(H,20,23). The molecule has 1 N–H and O–H groups in total. The van der Waals surface area contributed by atoms with Gasteiger partial charge in [0.2, 0.25) is 5.91 Å². The van der Waals surface area contributed by atoms with Crippen LogP contribution in [-0.2, 0) is 4.79 Å². The maximum absolute atomic E-state index is 12.2. The highest BCUT2D eigenvalue weighted by molar-refractivity contribution is 5.96. The summed E-state index contributed by atoms with van der Waals surface area (Å²) in [4.78, 5) is 28.0. The Hall–Kier alpha value is -2.40. The molecule has 0 aliphatic carbocycles. The molecular formula is C19H27N3O2. The molecule has 0 aliphatic heterocycles. The van der Waals surface area contributed by atoms with Crippen LogP contribution in [0.5, 0.6) is 0 Å². The number of anilines is 1. The van der Waals surface area contributed by atoms with Crippen molar-refractivity contribution in [2.24, 2.45) is 0 Å². The van der Waals surface area contributed by atoms with Crippen molar-refractivity contribution in [3.63, 3.8) is 0 Å². The topological polar surface area (TPSA) is 52.7 Å². The second kappa shape index (κ2) is 10.4. The van der Waals surface area contributed by atoms with Crippen molar-refractivity contribution in [2.45, 2.75) is 13.8 Å². The highest BCUT2D eigenvalue weighted by Crippen LogP contribution is 2.12. The van der Waals surface area contributed by atoms with Gasteiger partial charge in [-0.2, -0.15) is 0 Å². The smallest absolute Gasteiger partial charge is 0.253 e. The number of amides is 2. The minimum atomic E-state index is -0.110. The van der Waals surface area contributed by atoms with Gasteiger partial charge >= 0.3 is 0 Å². The van der Waals surface area contributed by atoms with Crippen LogP contribution < -0.4 is 5.32 Å². The Balaban J connectivity index is 2.66. The number of carbonyl (C=O) groups is 2. The van der Waals surface area contributed by atoms with Crippen LogP contribution in [0.2, 0.25) is 0 Å². The van der Waals surface area contributed by atoms with Crippen LogP contribution in [-0.4, -0.2) is 54.3 Å². The maximum atomic E-state index is 12.2. The quantitative estimate of drug-likeness (QED) is 0.672. The molecule has 1 aromatic carbocycles. The molecule has 24 heavy (non-hydrogen) atoms. The summed E-state index contributed by atoms with van der Waals surface area (Å²) < 4.78 is 0. The van der Waals surface area contributed by atoms with Gasteiger partial charge in [0.1, 0.15) is 0 Å². The number of nitrogens with one attached hydrogen (secondary N) is 1. The molecule has 0 saturated carbocycles. The lowest BCUT2D eigenvalue weighted by Gasteiger charge is -2.19. The maximum Gasteiger partial charge on any atom is 0.253 e. The third-order valence-electron chi connectivity index (χ3n) is 3.61. The Kier molecular flexibility index (Phi) is 8.50. The molecule has 5 nitrogen and oxygen atoms in total. The summed E-state index contributed by atoms with van der Waals surface area (Å²) in [6.07, 6.45) is 3.51. The van der Waals surface area contributed by atoms with Crippen LogP contribution in [0.15, 0.2) is 49.6 Å². The van der Waals surface area contributed by atoms with Gasteiger partial charge in [0.15, 0.2) is 0 Å². The molecule has 0 spiro atoms. The van der Waals surface area contributed by atoms with E-state index < -0.39 is 0 Å². The molecule has 1 rings (SSSR count). The highest BCUT2D eigenvalue weighted by atomic mass is 16.2. The first-order chi connectivity index (χ1) is 11.5. The normalized spacial score (nSPS) is 10.3. The first-order valence-electron chi connectivity index (χ1n) is 8.19. The minimum absolute atomic E-state index is 0.000942. The van der Waals surface area contributed by atoms with E-state index in [2.05, 4.69) is 18.5 Å². The van der Waals surface area contributed by atoms with Gasteiger partial charge in [0.05, 0.1) is 6.54 Å². The molecule has 0 radical (unpaired) electrons. The average molecular weight is 329 g/mol. The van der Waals surface area contributed by atoms with Gasteiger partial charge in [-0.15, -0.1) is 13.2 Å². The molecule has 0 heterocycles. The van der Waals surface area contributed by atoms with E-state index in [1.165, 1.54) is 0 Å². The highest BCUT2D eigenvalue weighted by Gasteiger charge is 2.13. The molecule has 0 atom stereocenters. The van der Waals surface area contributed by atoms with Gasteiger partial charge in [0.25, 0.3) is 5.91 Å². The van der Waals surface area contributed by atoms with Gasteiger partial charge in [-0.05, 0) is 38.1 Å². The fourth-order valence-electron chi connectivity index (χ4n) is 2.36. The summed E-state index contributed by atoms with van der Waals surface area (Å²) in [5.41, 5.74) is 1.30. The van der Waals surface area contributed by atoms with Crippen molar-refractivity contribution in [1.82, 2.24) is 9.80 Å². The average Bonchev–Trinajstić information content (AvgIpc) is 2.57. The van der Waals surface area contributed by atoms with E-state index in [1.54, 1.807) is 41.3 Å². The van der Waals surface area contributed by atoms with Gasteiger partial charge in [-0.3, -0.25) is 14.5 Å². The number of benzene rings is 1. The summed E-state index contributed by atoms with van der Waals surface area (Å²) in [5, 5.41) is 2.84. The predicted octanol–water partition coefficient (Wildman–Crippen LogP) is 2.78. The molecule has 5 heteroatoms. The zero-order valence-electron chi connectivity index (χ0n) is 14.6. The van der Waals surface area contributed by atoms with E-state index in [0.29, 0.717) is 37.4 Å². The van der Waals surface area contributed by atoms with Gasteiger partial charge in [-0.1, -0.05) is 12.2 Å². The van der Waals surface area contributed by atoms with E-state index in [4.69, 9.17) is 0 Å². The van der Waals surface area contributed by atoms with E-state index in [0.717, 1.165) is 0 Å². The summed E-state index contributed by atoms with van der Waals surface area (Å²) in [7, 11) is 0. The second-order valence-electron chi connectivity index (χ2n) is 5.37. The number of rotatable bonds is 10. The third kappa shape index (κ3) is 6.01. The second-order valence-corrected chi connectivity index (χ2v) is 5.37. The van der Waals surface area contributed by atoms with Crippen molar-refractivity contribution in [3.8, 4) is 0 Å². The summed E-state index contributed by atoms with van der Waals surface area (Å²) >= 11 is 0. The molecule has 0 bridgehead atoms. The van der Waals surface area contributed by atoms with E-state index >= 15 is 0 Å². The molecule has 130 valence electrons. The number of hydrogen-bond donors (Lipinski definition) is 1. The largest absolute Gasteiger partial charge is 0.339 e. The summed E-state index contributed by atoms with van der Waals surface area (Å²) in [6.45, 7) is 14.1. The molecule has 0 aromatic heterocycles. The van der Waals surface area contributed by atoms with Crippen LogP contribution in [0.1, 0.15) is 24.2 Å². The van der Waals surface area contributed by atoms with Crippen molar-refractivity contribution in [3.05, 3.63) is 55.1 Å². The summed E-state index contributed by atoms with van der Waals surface area (Å²) in [5.74, 6) is -0.109. The fraction of sp³-hybridized carbons (Fsp3) is 0.368. The van der Waals surface area contributed by atoms with Crippen molar-refractivity contribution >= 4 is 17.5 Å². The molecular weight excluding hydrogens is 302 g/mol. The lowest BCUT2D eigenvalue weighted by atomic mass is 10.1. The van der Waals surface area contributed by atoms with E-state index in [-0.39, 0.29) is 18.4 Å². The van der Waals surface area contributed by atoms with Crippen LogP contribution in [0.25, 0.3) is 0 Å². The Bertz CT molecular complexity index is 552. The monoisotopic (exact) mass is 329 g/mol. The molecule has 1 aromatic rings. The molecule has 0 fully saturated rings. The lowest BCUT2D eigenvalue weighted by molar-refractivity contribution is -0.117. The zero-order valence-corrected chi connectivity index (χ0v) is 14.6. The third-order valence-corrected chi connectivity index (χ3v) is 3.61. The van der Waals surface area contributed by atoms with Gasteiger partial charge in [-0.25, -0.2) is 0 Å². The fourth-order valence-corrected chi connectivity index (χ4v) is 2.36. The van der Waals surface area contributed by atoms with E-state index in [9.17, 15) is 9.59 Å². The van der Waals surface area contributed by atoms with Gasteiger partial charge < -0.3 is 10.2 Å². The van der Waals surface area contributed by atoms with E-state index in [1.807, 2.05) is 18.7 Å². The van der Waals surface area contributed by atoms with Crippen molar-refractivity contribution in [2.75, 3.05) is 38.0 Å². The molecule has 2 amide bonds. The van der Waals surface area contributed by atoms with Gasteiger partial charge in [0, 0.05) is 37.4 Å². The van der Waals surface area contributed by atoms with Crippen LogP contribution in [0, 0.1) is 0 Å². The van der Waals surface area contributed by atoms with Crippen LogP contribution in [0.4, 0.5) is 5.69 Å². The van der Waals surface area contributed by atoms with Crippen molar-refractivity contribution < 1.29 is 9.59 Å². The number of nitrogens with zero attached hydrogens (tertiary/aromatic N) is 2. The minimum Gasteiger partial charge on any atom is -0.339 e. The Morgan fingerprint density at radius 1 is 1.04 bits per heavy atom. The first kappa shape index (κ1) is 19.6. The molecule has 0 unspecified atom stereocenters. The zero-order chi connectivity index (χ0) is 17.9. The lowest BCUT2D eigenvalue weighted by Crippen LogP contribution is -2.33. The summed E-state index contributed by atoms with van der Waals surface area (Å²) in [6, 6.07) is 6.98. The van der Waals surface area contributed by atoms with Crippen molar-refractivity contribution in [1.29, 1.82) is 0 Å². The number of carbonyl (C=O) groups excluding carboxylic acids is 2. The Morgan fingerprint density at radius 3 is 2.04 bits per heavy atom. The molecule has 0 saturated heterocycles. The van der Waals surface area contributed by atoms with Crippen LogP contribution >= 0.6 is 0 Å². The van der Waals surface area contributed by atoms with Crippen LogP contribution in [0.3, 0.4) is 0 Å². The first-order valence-corrected chi connectivity index (χ1v) is 8.19. The Morgan fingerprint density at radius 2 is 1.58 bits per heavy atom. The number of hydrogen-bond acceptors (Lipinski definition) is 3. The Labute approximate surface area is 144 Å². The predicted molar refractivity (Wildman–Crippen MR) is 99.2 cm³/mol.